The summed E-state index contributed by atoms with van der Waals surface area (Å²) in [5, 5.41) is 17.8. The Kier molecular flexibility index (Phi) is 6.33. The second-order valence-corrected chi connectivity index (χ2v) is 8.67. The van der Waals surface area contributed by atoms with Crippen LogP contribution in [0.15, 0.2) is 54.7 Å². The summed E-state index contributed by atoms with van der Waals surface area (Å²) in [5.74, 6) is 1.41. The molecule has 0 aliphatic rings. The fourth-order valence-corrected chi connectivity index (χ4v) is 3.78. The predicted octanol–water partition coefficient (Wildman–Crippen LogP) is 5.44. The molecule has 1 amide bonds. The van der Waals surface area contributed by atoms with Crippen LogP contribution >= 0.6 is 0 Å². The number of pyridine rings is 1. The lowest BCUT2D eigenvalue weighted by Gasteiger charge is -2.16. The SMILES string of the molecule is Cc1cc(-n2ncc(C#N)c2NC(=O)C(C)Oc2ccc(C(C)C)cc2)nc2c(C)cccc12. The van der Waals surface area contributed by atoms with Gasteiger partial charge in [0.2, 0.25) is 0 Å². The Morgan fingerprint density at radius 1 is 1.09 bits per heavy atom. The summed E-state index contributed by atoms with van der Waals surface area (Å²) < 4.78 is 7.32. The van der Waals surface area contributed by atoms with Crippen LogP contribution < -0.4 is 10.1 Å². The van der Waals surface area contributed by atoms with Crippen molar-refractivity contribution in [2.45, 2.75) is 46.6 Å². The van der Waals surface area contributed by atoms with E-state index in [1.165, 1.54) is 16.4 Å². The molecule has 2 heterocycles. The number of nitrogens with zero attached hydrogens (tertiary/aromatic N) is 4. The summed E-state index contributed by atoms with van der Waals surface area (Å²) >= 11 is 0. The van der Waals surface area contributed by atoms with Gasteiger partial charge in [0.05, 0.1) is 11.7 Å². The Balaban J connectivity index is 1.61. The lowest BCUT2D eigenvalue weighted by atomic mass is 10.0. The summed E-state index contributed by atoms with van der Waals surface area (Å²) in [7, 11) is 0. The first-order valence-electron chi connectivity index (χ1n) is 11.2. The lowest BCUT2D eigenvalue weighted by molar-refractivity contribution is -0.122. The molecular weight excluding hydrogens is 426 g/mol. The predicted molar refractivity (Wildman–Crippen MR) is 132 cm³/mol. The van der Waals surface area contributed by atoms with Crippen LogP contribution in [0.4, 0.5) is 5.82 Å². The molecule has 0 saturated heterocycles. The van der Waals surface area contributed by atoms with E-state index in [-0.39, 0.29) is 17.3 Å². The molecule has 7 heteroatoms. The molecule has 2 aromatic carbocycles. The van der Waals surface area contributed by atoms with Gasteiger partial charge in [-0.2, -0.15) is 15.0 Å². The monoisotopic (exact) mass is 453 g/mol. The number of fused-ring (bicyclic) bond motifs is 1. The molecule has 0 aliphatic carbocycles. The fraction of sp³-hybridized carbons (Fsp3) is 0.259. The molecule has 7 nitrogen and oxygen atoms in total. The second-order valence-electron chi connectivity index (χ2n) is 8.67. The van der Waals surface area contributed by atoms with Crippen LogP contribution in [0.25, 0.3) is 16.7 Å². The average molecular weight is 454 g/mol. The summed E-state index contributed by atoms with van der Waals surface area (Å²) in [4.78, 5) is 17.7. The number of para-hydroxylation sites is 1. The fourth-order valence-electron chi connectivity index (χ4n) is 3.78. The minimum Gasteiger partial charge on any atom is -0.481 e. The molecule has 0 saturated carbocycles. The van der Waals surface area contributed by atoms with E-state index >= 15 is 0 Å². The maximum atomic E-state index is 13.0. The summed E-state index contributed by atoms with van der Waals surface area (Å²) in [6.45, 7) is 9.91. The standard InChI is InChI=1S/C27H27N5O2/c1-16(2)20-9-11-22(12-10-20)34-19(5)27(33)31-26-21(14-28)15-29-32(26)24-13-18(4)23-8-6-7-17(3)25(23)30-24/h6-13,15-16,19H,1-5H3,(H,31,33). The maximum absolute atomic E-state index is 13.0. The lowest BCUT2D eigenvalue weighted by Crippen LogP contribution is -2.31. The van der Waals surface area contributed by atoms with E-state index in [0.717, 1.165) is 22.0 Å². The van der Waals surface area contributed by atoms with Gasteiger partial charge in [-0.25, -0.2) is 4.98 Å². The minimum absolute atomic E-state index is 0.242. The molecule has 0 aliphatic heterocycles. The highest BCUT2D eigenvalue weighted by Gasteiger charge is 2.21. The first-order valence-corrected chi connectivity index (χ1v) is 11.2. The van der Waals surface area contributed by atoms with Crippen molar-refractivity contribution in [1.82, 2.24) is 14.8 Å². The van der Waals surface area contributed by atoms with Crippen molar-refractivity contribution < 1.29 is 9.53 Å². The highest BCUT2D eigenvalue weighted by Crippen LogP contribution is 2.26. The Hall–Kier alpha value is -4.18. The number of hydrogen-bond acceptors (Lipinski definition) is 5. The quantitative estimate of drug-likeness (QED) is 0.420. The zero-order valence-corrected chi connectivity index (χ0v) is 20.0. The Labute approximate surface area is 199 Å². The zero-order chi connectivity index (χ0) is 24.4. The van der Waals surface area contributed by atoms with Gasteiger partial charge in [0, 0.05) is 5.39 Å². The van der Waals surface area contributed by atoms with E-state index in [9.17, 15) is 10.1 Å². The number of anilines is 1. The van der Waals surface area contributed by atoms with Crippen molar-refractivity contribution in [2.75, 3.05) is 5.32 Å². The van der Waals surface area contributed by atoms with Crippen LogP contribution in [0, 0.1) is 25.2 Å². The molecule has 0 radical (unpaired) electrons. The molecule has 0 bridgehead atoms. The van der Waals surface area contributed by atoms with Crippen LogP contribution in [-0.4, -0.2) is 26.8 Å². The van der Waals surface area contributed by atoms with Crippen LogP contribution in [0.3, 0.4) is 0 Å². The van der Waals surface area contributed by atoms with E-state index in [1.807, 2.05) is 62.4 Å². The van der Waals surface area contributed by atoms with Gasteiger partial charge < -0.3 is 10.1 Å². The molecule has 172 valence electrons. The summed E-state index contributed by atoms with van der Waals surface area (Å²) in [6.07, 6.45) is 0.638. The number of carbonyl (C=O) groups excluding carboxylic acids is 1. The number of aromatic nitrogens is 3. The van der Waals surface area contributed by atoms with Crippen LogP contribution in [-0.2, 0) is 4.79 Å². The smallest absolute Gasteiger partial charge is 0.266 e. The van der Waals surface area contributed by atoms with Crippen molar-refractivity contribution in [1.29, 1.82) is 5.26 Å². The van der Waals surface area contributed by atoms with Gasteiger partial charge in [0.15, 0.2) is 17.7 Å². The number of ether oxygens (including phenoxy) is 1. The van der Waals surface area contributed by atoms with E-state index in [1.54, 1.807) is 6.92 Å². The number of hydrogen-bond donors (Lipinski definition) is 1. The molecule has 2 aromatic heterocycles. The number of carbonyl (C=O) groups is 1. The molecule has 1 N–H and O–H groups in total. The molecule has 1 unspecified atom stereocenters. The van der Waals surface area contributed by atoms with E-state index in [2.05, 4.69) is 30.3 Å². The number of nitrogens with one attached hydrogen (secondary N) is 1. The highest BCUT2D eigenvalue weighted by molar-refractivity contribution is 5.95. The van der Waals surface area contributed by atoms with Crippen molar-refractivity contribution in [2.24, 2.45) is 0 Å². The van der Waals surface area contributed by atoms with Crippen molar-refractivity contribution in [3.8, 4) is 17.6 Å². The van der Waals surface area contributed by atoms with Gasteiger partial charge in [0.1, 0.15) is 17.4 Å². The number of benzene rings is 2. The van der Waals surface area contributed by atoms with Crippen LogP contribution in [0.2, 0.25) is 0 Å². The molecule has 34 heavy (non-hydrogen) atoms. The van der Waals surface area contributed by atoms with E-state index in [0.29, 0.717) is 17.5 Å². The summed E-state index contributed by atoms with van der Waals surface area (Å²) in [5.41, 5.74) is 4.35. The third kappa shape index (κ3) is 4.48. The Morgan fingerprint density at radius 2 is 1.82 bits per heavy atom. The normalized spacial score (nSPS) is 11.9. The van der Waals surface area contributed by atoms with Gasteiger partial charge >= 0.3 is 0 Å². The van der Waals surface area contributed by atoms with E-state index in [4.69, 9.17) is 9.72 Å². The first kappa shape index (κ1) is 23.0. The number of aryl methyl sites for hydroxylation is 2. The third-order valence-electron chi connectivity index (χ3n) is 5.81. The Bertz CT molecular complexity index is 1400. The molecule has 4 rings (SSSR count). The number of rotatable bonds is 6. The molecule has 1 atom stereocenters. The topological polar surface area (TPSA) is 92.8 Å². The van der Waals surface area contributed by atoms with Gasteiger partial charge in [-0.05, 0) is 61.6 Å². The summed E-state index contributed by atoms with van der Waals surface area (Å²) in [6, 6.07) is 17.7. The van der Waals surface area contributed by atoms with Gasteiger partial charge in [-0.1, -0.05) is 44.2 Å². The van der Waals surface area contributed by atoms with Crippen LogP contribution in [0.5, 0.6) is 5.75 Å². The third-order valence-corrected chi connectivity index (χ3v) is 5.81. The minimum atomic E-state index is -0.784. The van der Waals surface area contributed by atoms with E-state index < -0.39 is 6.10 Å². The molecule has 0 spiro atoms. The Morgan fingerprint density at radius 3 is 2.50 bits per heavy atom. The maximum Gasteiger partial charge on any atom is 0.266 e. The molecule has 4 aromatic rings. The molecule has 0 fully saturated rings. The van der Waals surface area contributed by atoms with Crippen molar-refractivity contribution >= 4 is 22.6 Å². The zero-order valence-electron chi connectivity index (χ0n) is 20.0. The highest BCUT2D eigenvalue weighted by atomic mass is 16.5. The molecular formula is C27H27N5O2. The van der Waals surface area contributed by atoms with Gasteiger partial charge in [0.25, 0.3) is 5.91 Å². The van der Waals surface area contributed by atoms with Gasteiger partial charge in [-0.15, -0.1) is 0 Å². The second kappa shape index (κ2) is 9.36. The van der Waals surface area contributed by atoms with Crippen molar-refractivity contribution in [3.05, 3.63) is 77.0 Å². The number of amides is 1. The average Bonchev–Trinajstić information content (AvgIpc) is 3.22. The van der Waals surface area contributed by atoms with Crippen LogP contribution in [0.1, 0.15) is 48.9 Å². The van der Waals surface area contributed by atoms with Gasteiger partial charge in [-0.3, -0.25) is 4.79 Å². The first-order chi connectivity index (χ1) is 16.3. The largest absolute Gasteiger partial charge is 0.481 e. The number of nitriles is 1. The van der Waals surface area contributed by atoms with Crippen molar-refractivity contribution in [3.63, 3.8) is 0 Å².